The van der Waals surface area contributed by atoms with E-state index in [1.54, 1.807) is 0 Å². The molecule has 0 aromatic carbocycles. The van der Waals surface area contributed by atoms with Crippen LogP contribution < -0.4 is 10.2 Å². The Kier molecular flexibility index (Phi) is 5.41. The fourth-order valence-corrected chi connectivity index (χ4v) is 3.14. The lowest BCUT2D eigenvalue weighted by atomic mass is 9.86. The van der Waals surface area contributed by atoms with Crippen molar-refractivity contribution in [2.75, 3.05) is 18.0 Å². The summed E-state index contributed by atoms with van der Waals surface area (Å²) in [6.07, 6.45) is 2.49. The first-order valence-corrected chi connectivity index (χ1v) is 8.05. The fraction of sp³-hybridized carbons (Fsp3) is 0.706. The van der Waals surface area contributed by atoms with Crippen molar-refractivity contribution in [3.63, 3.8) is 0 Å². The molecule has 20 heavy (non-hydrogen) atoms. The zero-order valence-electron chi connectivity index (χ0n) is 13.4. The number of nitrogens with zero attached hydrogens (tertiary/aromatic N) is 2. The van der Waals surface area contributed by atoms with Crippen molar-refractivity contribution in [1.29, 1.82) is 0 Å². The number of nitrogens with one attached hydrogen (secondary N) is 1. The minimum Gasteiger partial charge on any atom is -0.353 e. The zero-order valence-corrected chi connectivity index (χ0v) is 13.4. The molecule has 2 heterocycles. The van der Waals surface area contributed by atoms with Crippen LogP contribution in [0.25, 0.3) is 0 Å². The number of anilines is 1. The molecule has 3 unspecified atom stereocenters. The number of aromatic nitrogens is 1. The van der Waals surface area contributed by atoms with Gasteiger partial charge in [0, 0.05) is 19.1 Å². The van der Waals surface area contributed by atoms with Crippen molar-refractivity contribution in [2.24, 2.45) is 11.8 Å². The normalized spacial score (nSPS) is 26.8. The van der Waals surface area contributed by atoms with Gasteiger partial charge in [-0.3, -0.25) is 0 Å². The minimum atomic E-state index is 0.581. The van der Waals surface area contributed by atoms with Crippen molar-refractivity contribution >= 4 is 5.82 Å². The Morgan fingerprint density at radius 3 is 2.85 bits per heavy atom. The molecule has 3 heteroatoms. The van der Waals surface area contributed by atoms with Gasteiger partial charge in [-0.15, -0.1) is 0 Å². The van der Waals surface area contributed by atoms with Crippen LogP contribution in [0, 0.1) is 11.8 Å². The predicted octanol–water partition coefficient (Wildman–Crippen LogP) is 3.45. The van der Waals surface area contributed by atoms with Gasteiger partial charge < -0.3 is 10.2 Å². The van der Waals surface area contributed by atoms with E-state index in [4.69, 9.17) is 4.98 Å². The molecule has 0 radical (unpaired) electrons. The molecule has 0 aliphatic carbocycles. The van der Waals surface area contributed by atoms with Gasteiger partial charge >= 0.3 is 0 Å². The fourth-order valence-electron chi connectivity index (χ4n) is 3.14. The number of hydrogen-bond acceptors (Lipinski definition) is 3. The Morgan fingerprint density at radius 2 is 2.10 bits per heavy atom. The van der Waals surface area contributed by atoms with Crippen LogP contribution in [0.2, 0.25) is 0 Å². The highest BCUT2D eigenvalue weighted by atomic mass is 15.2. The molecule has 3 atom stereocenters. The molecule has 1 aliphatic rings. The molecular formula is C17H29N3. The van der Waals surface area contributed by atoms with Crippen LogP contribution in [-0.2, 0) is 6.54 Å². The molecule has 1 N–H and O–H groups in total. The summed E-state index contributed by atoms with van der Waals surface area (Å²) in [7, 11) is 0. The summed E-state index contributed by atoms with van der Waals surface area (Å²) in [4.78, 5) is 7.34. The Morgan fingerprint density at radius 1 is 1.30 bits per heavy atom. The molecule has 1 saturated heterocycles. The van der Waals surface area contributed by atoms with Gasteiger partial charge in [-0.05, 0) is 50.3 Å². The summed E-state index contributed by atoms with van der Waals surface area (Å²) in [5.74, 6) is 2.64. The second kappa shape index (κ2) is 7.07. The van der Waals surface area contributed by atoms with Gasteiger partial charge in [0.05, 0.1) is 5.69 Å². The average molecular weight is 275 g/mol. The lowest BCUT2D eigenvalue weighted by Crippen LogP contribution is -2.46. The molecule has 0 amide bonds. The van der Waals surface area contributed by atoms with E-state index >= 15 is 0 Å². The molecule has 3 nitrogen and oxygen atoms in total. The van der Waals surface area contributed by atoms with Crippen LogP contribution in [0.5, 0.6) is 0 Å². The van der Waals surface area contributed by atoms with E-state index in [-0.39, 0.29) is 0 Å². The lowest BCUT2D eigenvalue weighted by Gasteiger charge is -2.42. The van der Waals surface area contributed by atoms with E-state index in [0.717, 1.165) is 49.4 Å². The molecule has 1 fully saturated rings. The van der Waals surface area contributed by atoms with E-state index < -0.39 is 0 Å². The van der Waals surface area contributed by atoms with Crippen molar-refractivity contribution in [3.8, 4) is 0 Å². The van der Waals surface area contributed by atoms with Gasteiger partial charge in [-0.25, -0.2) is 4.98 Å². The van der Waals surface area contributed by atoms with Crippen molar-refractivity contribution in [3.05, 3.63) is 23.9 Å². The average Bonchev–Trinajstić information content (AvgIpc) is 2.43. The number of hydrogen-bond donors (Lipinski definition) is 1. The predicted molar refractivity (Wildman–Crippen MR) is 86.0 cm³/mol. The third kappa shape index (κ3) is 3.72. The van der Waals surface area contributed by atoms with Gasteiger partial charge in [-0.2, -0.15) is 0 Å². The number of piperidine rings is 1. The Labute approximate surface area is 123 Å². The van der Waals surface area contributed by atoms with Crippen molar-refractivity contribution in [1.82, 2.24) is 10.3 Å². The largest absolute Gasteiger partial charge is 0.353 e. The highest BCUT2D eigenvalue weighted by Gasteiger charge is 2.29. The van der Waals surface area contributed by atoms with E-state index in [9.17, 15) is 0 Å². The number of pyridine rings is 1. The first-order valence-electron chi connectivity index (χ1n) is 8.05. The molecule has 1 aliphatic heterocycles. The summed E-state index contributed by atoms with van der Waals surface area (Å²) in [6.45, 7) is 12.3. The van der Waals surface area contributed by atoms with Gasteiger partial charge in [0.25, 0.3) is 0 Å². The summed E-state index contributed by atoms with van der Waals surface area (Å²) in [6, 6.07) is 7.00. The maximum absolute atomic E-state index is 4.85. The molecule has 2 rings (SSSR count). The second-order valence-electron chi connectivity index (χ2n) is 6.38. The van der Waals surface area contributed by atoms with E-state index in [1.165, 1.54) is 6.42 Å². The van der Waals surface area contributed by atoms with Crippen molar-refractivity contribution in [2.45, 2.75) is 53.1 Å². The number of rotatable bonds is 5. The van der Waals surface area contributed by atoms with Crippen LogP contribution >= 0.6 is 0 Å². The van der Waals surface area contributed by atoms with Crippen LogP contribution in [0.15, 0.2) is 18.2 Å². The Bertz CT molecular complexity index is 418. The van der Waals surface area contributed by atoms with Gasteiger partial charge in [0.1, 0.15) is 5.82 Å². The van der Waals surface area contributed by atoms with Crippen molar-refractivity contribution < 1.29 is 0 Å². The highest BCUT2D eigenvalue weighted by Crippen LogP contribution is 2.30. The summed E-state index contributed by atoms with van der Waals surface area (Å²) in [5, 5.41) is 3.43. The quantitative estimate of drug-likeness (QED) is 0.834. The monoisotopic (exact) mass is 275 g/mol. The lowest BCUT2D eigenvalue weighted by molar-refractivity contribution is 0.295. The minimum absolute atomic E-state index is 0.581. The van der Waals surface area contributed by atoms with E-state index in [2.05, 4.69) is 56.1 Å². The summed E-state index contributed by atoms with van der Waals surface area (Å²) in [5.41, 5.74) is 1.15. The smallest absolute Gasteiger partial charge is 0.129 e. The van der Waals surface area contributed by atoms with Gasteiger partial charge in [0.2, 0.25) is 0 Å². The maximum Gasteiger partial charge on any atom is 0.129 e. The molecule has 0 bridgehead atoms. The molecule has 0 saturated carbocycles. The van der Waals surface area contributed by atoms with E-state index in [0.29, 0.717) is 6.04 Å². The first kappa shape index (κ1) is 15.3. The molecule has 112 valence electrons. The molecule has 1 aromatic heterocycles. The standard InChI is InChI=1S/C17H29N3/c1-5-9-18-11-16-7-6-8-17(19-16)20-12-13(2)10-14(3)15(20)4/h6-8,13-15,18H,5,9-12H2,1-4H3. The van der Waals surface area contributed by atoms with E-state index in [1.807, 2.05) is 0 Å². The third-order valence-corrected chi connectivity index (χ3v) is 4.42. The topological polar surface area (TPSA) is 28.2 Å². The van der Waals surface area contributed by atoms with Gasteiger partial charge in [-0.1, -0.05) is 26.8 Å². The second-order valence-corrected chi connectivity index (χ2v) is 6.38. The van der Waals surface area contributed by atoms with Crippen LogP contribution in [0.1, 0.15) is 46.2 Å². The maximum atomic E-state index is 4.85. The van der Waals surface area contributed by atoms with Crippen LogP contribution in [-0.4, -0.2) is 24.1 Å². The molecule has 0 spiro atoms. The zero-order chi connectivity index (χ0) is 14.5. The first-order chi connectivity index (χ1) is 9.61. The highest BCUT2D eigenvalue weighted by molar-refractivity contribution is 5.41. The Hall–Kier alpha value is -1.09. The van der Waals surface area contributed by atoms with Crippen LogP contribution in [0.4, 0.5) is 5.82 Å². The van der Waals surface area contributed by atoms with Crippen LogP contribution in [0.3, 0.4) is 0 Å². The summed E-state index contributed by atoms with van der Waals surface area (Å²) < 4.78 is 0. The van der Waals surface area contributed by atoms with Gasteiger partial charge in [0.15, 0.2) is 0 Å². The Balaban J connectivity index is 2.09. The third-order valence-electron chi connectivity index (χ3n) is 4.42. The molecular weight excluding hydrogens is 246 g/mol. The molecule has 1 aromatic rings. The SMILES string of the molecule is CCCNCc1cccc(N2CC(C)CC(C)C2C)n1. The summed E-state index contributed by atoms with van der Waals surface area (Å²) >= 11 is 0.